The number of ether oxygens (including phenoxy) is 1. The molecule has 0 spiro atoms. The third-order valence-electron chi connectivity index (χ3n) is 5.42. The fourth-order valence-electron chi connectivity index (χ4n) is 3.60. The predicted molar refractivity (Wildman–Crippen MR) is 149 cm³/mol. The third-order valence-corrected chi connectivity index (χ3v) is 5.42. The van der Waals surface area contributed by atoms with Crippen molar-refractivity contribution in [3.63, 3.8) is 0 Å². The van der Waals surface area contributed by atoms with Gasteiger partial charge in [-0.1, -0.05) is 71.0 Å². The van der Waals surface area contributed by atoms with Gasteiger partial charge in [0, 0.05) is 29.3 Å². The first-order chi connectivity index (χ1) is 17.5. The van der Waals surface area contributed by atoms with Gasteiger partial charge in [0.2, 0.25) is 0 Å². The average molecular weight is 494 g/mol. The highest BCUT2D eigenvalue weighted by Crippen LogP contribution is 2.28. The summed E-state index contributed by atoms with van der Waals surface area (Å²) in [6.07, 6.45) is 3.75. The number of aliphatic hydroxyl groups excluding tert-OH is 1. The molecule has 2 N–H and O–H groups in total. The van der Waals surface area contributed by atoms with Crippen LogP contribution in [-0.4, -0.2) is 30.1 Å². The minimum absolute atomic E-state index is 0.211. The highest BCUT2D eigenvalue weighted by Gasteiger charge is 2.08. The first-order valence-electron chi connectivity index (χ1n) is 12.5. The molecule has 36 heavy (non-hydrogen) atoms. The quantitative estimate of drug-likeness (QED) is 0.267. The van der Waals surface area contributed by atoms with Crippen molar-refractivity contribution in [1.29, 1.82) is 0 Å². The monoisotopic (exact) mass is 493 g/mol. The number of hydrogen-bond acceptors (Lipinski definition) is 3. The predicted octanol–water partition coefficient (Wildman–Crippen LogP) is 8.01. The first-order valence-corrected chi connectivity index (χ1v) is 12.5. The molecule has 194 valence electrons. The second-order valence-electron chi connectivity index (χ2n) is 7.89. The number of benzene rings is 3. The van der Waals surface area contributed by atoms with Gasteiger partial charge in [-0.25, -0.2) is 4.39 Å². The summed E-state index contributed by atoms with van der Waals surface area (Å²) in [5, 5.41) is 10.3. The van der Waals surface area contributed by atoms with Crippen molar-refractivity contribution in [2.24, 2.45) is 5.92 Å². The maximum absolute atomic E-state index is 13.7. The number of hydrogen-bond donors (Lipinski definition) is 2. The molecule has 0 bridgehead atoms. The fraction of sp³-hybridized carbons (Fsp3) is 0.323. The molecule has 4 rings (SSSR count). The lowest BCUT2D eigenvalue weighted by atomic mass is 9.98. The van der Waals surface area contributed by atoms with E-state index < -0.39 is 5.82 Å². The van der Waals surface area contributed by atoms with E-state index in [0.717, 1.165) is 29.4 Å². The molecule has 3 aromatic carbocycles. The summed E-state index contributed by atoms with van der Waals surface area (Å²) < 4.78 is 18.5. The maximum Gasteiger partial charge on any atom is 0.165 e. The van der Waals surface area contributed by atoms with Crippen LogP contribution in [0, 0.1) is 18.7 Å². The number of carbonyl (C=O) groups is 1. The van der Waals surface area contributed by atoms with Crippen LogP contribution >= 0.6 is 0 Å². The zero-order chi connectivity index (χ0) is 27.1. The lowest BCUT2D eigenvalue weighted by Gasteiger charge is -2.09. The van der Waals surface area contributed by atoms with Crippen LogP contribution < -0.4 is 4.74 Å². The molecule has 0 radical (unpaired) electrons. The number of aromatic amines is 1. The summed E-state index contributed by atoms with van der Waals surface area (Å²) in [7, 11) is 1.43. The summed E-state index contributed by atoms with van der Waals surface area (Å²) in [5.41, 5.74) is 5.61. The van der Waals surface area contributed by atoms with Crippen LogP contribution in [0.1, 0.15) is 56.1 Å². The second-order valence-corrected chi connectivity index (χ2v) is 7.89. The molecule has 0 fully saturated rings. The Balaban J connectivity index is 0.000000323. The van der Waals surface area contributed by atoms with E-state index in [1.165, 1.54) is 29.6 Å². The summed E-state index contributed by atoms with van der Waals surface area (Å²) >= 11 is 0. The Bertz CT molecular complexity index is 1200. The van der Waals surface area contributed by atoms with Gasteiger partial charge in [-0.05, 0) is 65.8 Å². The maximum atomic E-state index is 13.7. The molecular weight excluding hydrogens is 453 g/mol. The van der Waals surface area contributed by atoms with E-state index in [0.29, 0.717) is 11.5 Å². The molecule has 0 amide bonds. The Morgan fingerprint density at radius 3 is 2.33 bits per heavy atom. The molecule has 0 saturated carbocycles. The highest BCUT2D eigenvalue weighted by atomic mass is 19.1. The van der Waals surface area contributed by atoms with Crippen molar-refractivity contribution < 1.29 is 19.0 Å². The number of aromatic nitrogens is 1. The number of aldehydes is 1. The van der Waals surface area contributed by atoms with Gasteiger partial charge < -0.3 is 14.8 Å². The van der Waals surface area contributed by atoms with Gasteiger partial charge in [-0.2, -0.15) is 0 Å². The van der Waals surface area contributed by atoms with Gasteiger partial charge in [-0.3, -0.25) is 4.79 Å². The van der Waals surface area contributed by atoms with Crippen LogP contribution in [0.5, 0.6) is 5.75 Å². The van der Waals surface area contributed by atoms with Crippen molar-refractivity contribution in [2.45, 2.75) is 48.0 Å². The van der Waals surface area contributed by atoms with Crippen molar-refractivity contribution in [3.05, 3.63) is 89.4 Å². The van der Waals surface area contributed by atoms with Crippen molar-refractivity contribution in [2.75, 3.05) is 13.7 Å². The summed E-state index contributed by atoms with van der Waals surface area (Å²) in [4.78, 5) is 14.0. The summed E-state index contributed by atoms with van der Waals surface area (Å²) in [5.74, 6) is 0.128. The molecule has 1 atom stereocenters. The molecule has 4 nitrogen and oxygen atoms in total. The van der Waals surface area contributed by atoms with Crippen LogP contribution in [0.4, 0.5) is 4.39 Å². The molecule has 0 aliphatic carbocycles. The first kappa shape index (κ1) is 30.6. The van der Waals surface area contributed by atoms with Crippen LogP contribution in [0.2, 0.25) is 0 Å². The number of H-pyrrole nitrogens is 1. The number of nitrogens with one attached hydrogen (secondary N) is 1. The van der Waals surface area contributed by atoms with E-state index >= 15 is 0 Å². The van der Waals surface area contributed by atoms with Gasteiger partial charge in [0.05, 0.1) is 7.11 Å². The standard InChI is InChI=1S/C15H13FO2.C12H15NO.2C2H6/c1-10-3-4-11(9-17)7-13(10)12-5-6-15(18-2)14(16)8-12;1-9(8-14)6-10-7-13-12-5-3-2-4-11(10)12;2*1-2/h3-9H,1-2H3;2-5,7,9,13-14H,6,8H2,1H3;2*1-2H3. The van der Waals surface area contributed by atoms with Crippen molar-refractivity contribution in [1.82, 2.24) is 4.98 Å². The van der Waals surface area contributed by atoms with E-state index in [1.807, 2.05) is 59.0 Å². The molecule has 0 saturated heterocycles. The number of carbonyl (C=O) groups excluding carboxylic acids is 1. The normalized spacial score (nSPS) is 10.6. The largest absolute Gasteiger partial charge is 0.494 e. The Morgan fingerprint density at radius 1 is 1.03 bits per heavy atom. The zero-order valence-electron chi connectivity index (χ0n) is 22.6. The number of aryl methyl sites for hydroxylation is 1. The smallest absolute Gasteiger partial charge is 0.165 e. The molecule has 0 aliphatic rings. The van der Waals surface area contributed by atoms with Gasteiger partial charge in [-0.15, -0.1) is 0 Å². The number of rotatable bonds is 6. The molecule has 1 unspecified atom stereocenters. The summed E-state index contributed by atoms with van der Waals surface area (Å²) in [6.45, 7) is 12.2. The zero-order valence-corrected chi connectivity index (χ0v) is 22.6. The second kappa shape index (κ2) is 16.3. The Kier molecular flexibility index (Phi) is 13.8. The van der Waals surface area contributed by atoms with E-state index in [-0.39, 0.29) is 12.4 Å². The Labute approximate surface area is 215 Å². The van der Waals surface area contributed by atoms with Gasteiger partial charge >= 0.3 is 0 Å². The fourth-order valence-corrected chi connectivity index (χ4v) is 3.60. The van der Waals surface area contributed by atoms with E-state index in [1.54, 1.807) is 24.3 Å². The lowest BCUT2D eigenvalue weighted by molar-refractivity contribution is 0.112. The molecule has 5 heteroatoms. The molecule has 1 heterocycles. The van der Waals surface area contributed by atoms with Crippen LogP contribution in [0.15, 0.2) is 66.9 Å². The number of fused-ring (bicyclic) bond motifs is 1. The average Bonchev–Trinajstić information content (AvgIpc) is 3.34. The molecule has 4 aromatic rings. The van der Waals surface area contributed by atoms with Crippen LogP contribution in [0.25, 0.3) is 22.0 Å². The number of aliphatic hydroxyl groups is 1. The van der Waals surface area contributed by atoms with Crippen molar-refractivity contribution >= 4 is 17.2 Å². The molecule has 1 aromatic heterocycles. The highest BCUT2D eigenvalue weighted by molar-refractivity contribution is 5.83. The summed E-state index contributed by atoms with van der Waals surface area (Å²) in [6, 6.07) is 18.4. The van der Waals surface area contributed by atoms with E-state index in [9.17, 15) is 9.18 Å². The van der Waals surface area contributed by atoms with Gasteiger partial charge in [0.1, 0.15) is 6.29 Å². The minimum atomic E-state index is -0.411. The van der Waals surface area contributed by atoms with Gasteiger partial charge in [0.25, 0.3) is 0 Å². The van der Waals surface area contributed by atoms with Crippen molar-refractivity contribution in [3.8, 4) is 16.9 Å². The molecular formula is C31H40FNO3. The topological polar surface area (TPSA) is 62.3 Å². The van der Waals surface area contributed by atoms with E-state index in [2.05, 4.69) is 24.0 Å². The number of methoxy groups -OCH3 is 1. The van der Waals surface area contributed by atoms with E-state index in [4.69, 9.17) is 9.84 Å². The number of para-hydroxylation sites is 1. The minimum Gasteiger partial charge on any atom is -0.494 e. The molecule has 0 aliphatic heterocycles. The van der Waals surface area contributed by atoms with Crippen LogP contribution in [0.3, 0.4) is 0 Å². The lowest BCUT2D eigenvalue weighted by Crippen LogP contribution is -2.03. The Morgan fingerprint density at radius 2 is 1.72 bits per heavy atom. The van der Waals surface area contributed by atoms with Crippen LogP contribution in [-0.2, 0) is 6.42 Å². The Hall–Kier alpha value is -3.44. The third kappa shape index (κ3) is 8.35. The SMILES string of the molecule is CC.CC.CC(CO)Cc1c[nH]c2ccccc12.COc1ccc(-c2cc(C=O)ccc2C)cc1F. The number of halogens is 1. The van der Waals surface area contributed by atoms with Gasteiger partial charge in [0.15, 0.2) is 11.6 Å².